The molecule has 2 N–H and O–H groups in total. The monoisotopic (exact) mass is 258 g/mol. The lowest BCUT2D eigenvalue weighted by Gasteiger charge is -2.21. The molecule has 1 atom stereocenters. The summed E-state index contributed by atoms with van der Waals surface area (Å²) in [5, 5.41) is 16.5. The molecule has 1 aliphatic carbocycles. The summed E-state index contributed by atoms with van der Waals surface area (Å²) in [5.74, 6) is -0.234. The van der Waals surface area contributed by atoms with E-state index in [0.29, 0.717) is 12.0 Å². The van der Waals surface area contributed by atoms with Gasteiger partial charge in [0.25, 0.3) is 0 Å². The van der Waals surface area contributed by atoms with Crippen molar-refractivity contribution in [1.29, 1.82) is 0 Å². The standard InChI is InChI=1S/C10H16O2.C4H10O2/c1-8(2)10(11)12-9-6-4-3-5-7-9;1-4(6)2-3-5/h9H,1,3-7H2,2H3;4-6H,2-3H2,1H3. The van der Waals surface area contributed by atoms with E-state index < -0.39 is 0 Å². The third kappa shape index (κ3) is 9.19. The van der Waals surface area contributed by atoms with Crippen molar-refractivity contribution in [2.75, 3.05) is 6.61 Å². The molecule has 0 saturated heterocycles. The fourth-order valence-corrected chi connectivity index (χ4v) is 1.62. The Balaban J connectivity index is 0.000000411. The number of carbonyl (C=O) groups is 1. The quantitative estimate of drug-likeness (QED) is 0.599. The lowest BCUT2D eigenvalue weighted by Crippen LogP contribution is -2.20. The predicted octanol–water partition coefficient (Wildman–Crippen LogP) is 2.19. The molecular formula is C14H26O4. The molecule has 0 aromatic rings. The SMILES string of the molecule is C=C(C)C(=O)OC1CCCCC1.CC(O)CCO. The Morgan fingerprint density at radius 2 is 1.94 bits per heavy atom. The normalized spacial score (nSPS) is 17.3. The van der Waals surface area contributed by atoms with Crippen LogP contribution < -0.4 is 0 Å². The number of rotatable bonds is 4. The van der Waals surface area contributed by atoms with E-state index in [1.54, 1.807) is 13.8 Å². The minimum Gasteiger partial charge on any atom is -0.459 e. The highest BCUT2D eigenvalue weighted by Crippen LogP contribution is 2.20. The van der Waals surface area contributed by atoms with E-state index >= 15 is 0 Å². The van der Waals surface area contributed by atoms with Gasteiger partial charge < -0.3 is 14.9 Å². The van der Waals surface area contributed by atoms with Crippen LogP contribution in [0.3, 0.4) is 0 Å². The Bertz CT molecular complexity index is 242. The van der Waals surface area contributed by atoms with Gasteiger partial charge in [0.15, 0.2) is 0 Å². The molecule has 0 aliphatic heterocycles. The number of hydrogen-bond donors (Lipinski definition) is 2. The summed E-state index contributed by atoms with van der Waals surface area (Å²) in [6, 6.07) is 0. The summed E-state index contributed by atoms with van der Waals surface area (Å²) in [6.45, 7) is 6.96. The number of aliphatic hydroxyl groups is 2. The molecule has 4 nitrogen and oxygen atoms in total. The fraction of sp³-hybridized carbons (Fsp3) is 0.786. The molecule has 4 heteroatoms. The van der Waals surface area contributed by atoms with E-state index in [-0.39, 0.29) is 24.8 Å². The molecule has 0 amide bonds. The second-order valence-corrected chi connectivity index (χ2v) is 4.81. The number of esters is 1. The number of aliphatic hydroxyl groups excluding tert-OH is 2. The van der Waals surface area contributed by atoms with Crippen LogP contribution in [0.1, 0.15) is 52.4 Å². The molecule has 18 heavy (non-hydrogen) atoms. The molecule has 0 radical (unpaired) electrons. The van der Waals surface area contributed by atoms with Crippen molar-refractivity contribution >= 4 is 5.97 Å². The first kappa shape index (κ1) is 17.1. The second kappa shape index (κ2) is 10.1. The number of carbonyl (C=O) groups excluding carboxylic acids is 1. The van der Waals surface area contributed by atoms with Crippen molar-refractivity contribution in [1.82, 2.24) is 0 Å². The Morgan fingerprint density at radius 1 is 1.39 bits per heavy atom. The van der Waals surface area contributed by atoms with Crippen LogP contribution in [0, 0.1) is 0 Å². The Morgan fingerprint density at radius 3 is 2.28 bits per heavy atom. The molecule has 0 heterocycles. The van der Waals surface area contributed by atoms with E-state index in [2.05, 4.69) is 6.58 Å². The average molecular weight is 258 g/mol. The molecule has 0 spiro atoms. The lowest BCUT2D eigenvalue weighted by atomic mass is 9.98. The van der Waals surface area contributed by atoms with Crippen molar-refractivity contribution in [3.8, 4) is 0 Å². The van der Waals surface area contributed by atoms with Crippen molar-refractivity contribution in [3.05, 3.63) is 12.2 Å². The van der Waals surface area contributed by atoms with Crippen molar-refractivity contribution in [3.63, 3.8) is 0 Å². The Hall–Kier alpha value is -0.870. The molecule has 1 aliphatic rings. The molecule has 1 unspecified atom stereocenters. The van der Waals surface area contributed by atoms with Gasteiger partial charge in [-0.1, -0.05) is 13.0 Å². The van der Waals surface area contributed by atoms with Crippen LogP contribution in [-0.4, -0.2) is 35.0 Å². The van der Waals surface area contributed by atoms with E-state index in [9.17, 15) is 4.79 Å². The highest BCUT2D eigenvalue weighted by Gasteiger charge is 2.17. The first-order chi connectivity index (χ1) is 8.47. The predicted molar refractivity (Wildman–Crippen MR) is 71.2 cm³/mol. The molecule has 0 bridgehead atoms. The Kier molecular flexibility index (Phi) is 9.60. The fourth-order valence-electron chi connectivity index (χ4n) is 1.62. The molecule has 0 aromatic heterocycles. The highest BCUT2D eigenvalue weighted by molar-refractivity contribution is 5.87. The summed E-state index contributed by atoms with van der Waals surface area (Å²) in [6.07, 6.45) is 6.00. The average Bonchev–Trinajstić information content (AvgIpc) is 2.30. The third-order valence-corrected chi connectivity index (χ3v) is 2.72. The highest BCUT2D eigenvalue weighted by atomic mass is 16.5. The minimum atomic E-state index is -0.352. The summed E-state index contributed by atoms with van der Waals surface area (Å²) >= 11 is 0. The Labute approximate surface area is 110 Å². The van der Waals surface area contributed by atoms with Gasteiger partial charge >= 0.3 is 5.97 Å². The second-order valence-electron chi connectivity index (χ2n) is 4.81. The van der Waals surface area contributed by atoms with Gasteiger partial charge in [-0.05, 0) is 46.0 Å². The first-order valence-electron chi connectivity index (χ1n) is 6.62. The van der Waals surface area contributed by atoms with Gasteiger partial charge in [0.05, 0.1) is 6.10 Å². The van der Waals surface area contributed by atoms with Crippen LogP contribution in [0.15, 0.2) is 12.2 Å². The van der Waals surface area contributed by atoms with Gasteiger partial charge in [0.1, 0.15) is 6.10 Å². The van der Waals surface area contributed by atoms with Gasteiger partial charge in [-0.25, -0.2) is 4.79 Å². The van der Waals surface area contributed by atoms with Gasteiger partial charge in [0, 0.05) is 12.2 Å². The molecule has 1 rings (SSSR count). The van der Waals surface area contributed by atoms with E-state index in [1.807, 2.05) is 0 Å². The largest absolute Gasteiger partial charge is 0.459 e. The molecule has 0 aromatic carbocycles. The summed E-state index contributed by atoms with van der Waals surface area (Å²) in [7, 11) is 0. The van der Waals surface area contributed by atoms with E-state index in [4.69, 9.17) is 14.9 Å². The first-order valence-corrected chi connectivity index (χ1v) is 6.62. The molecule has 1 saturated carbocycles. The van der Waals surface area contributed by atoms with Crippen LogP contribution in [-0.2, 0) is 9.53 Å². The molecule has 106 valence electrons. The van der Waals surface area contributed by atoms with Crippen LogP contribution in [0.5, 0.6) is 0 Å². The van der Waals surface area contributed by atoms with E-state index in [1.165, 1.54) is 19.3 Å². The van der Waals surface area contributed by atoms with Crippen molar-refractivity contribution in [2.45, 2.75) is 64.6 Å². The van der Waals surface area contributed by atoms with Gasteiger partial charge in [-0.15, -0.1) is 0 Å². The maximum absolute atomic E-state index is 11.1. The minimum absolute atomic E-state index is 0.0810. The summed E-state index contributed by atoms with van der Waals surface area (Å²) < 4.78 is 5.21. The van der Waals surface area contributed by atoms with Gasteiger partial charge in [-0.3, -0.25) is 0 Å². The van der Waals surface area contributed by atoms with Crippen molar-refractivity contribution < 1.29 is 19.7 Å². The topological polar surface area (TPSA) is 66.8 Å². The van der Waals surface area contributed by atoms with Crippen LogP contribution in [0.25, 0.3) is 0 Å². The zero-order valence-corrected chi connectivity index (χ0v) is 11.5. The number of ether oxygens (including phenoxy) is 1. The van der Waals surface area contributed by atoms with Crippen LogP contribution >= 0.6 is 0 Å². The maximum Gasteiger partial charge on any atom is 0.333 e. The van der Waals surface area contributed by atoms with E-state index in [0.717, 1.165) is 12.8 Å². The van der Waals surface area contributed by atoms with Crippen molar-refractivity contribution in [2.24, 2.45) is 0 Å². The lowest BCUT2D eigenvalue weighted by molar-refractivity contribution is -0.145. The zero-order chi connectivity index (χ0) is 14.0. The van der Waals surface area contributed by atoms with Gasteiger partial charge in [0.2, 0.25) is 0 Å². The van der Waals surface area contributed by atoms with Crippen LogP contribution in [0.2, 0.25) is 0 Å². The third-order valence-electron chi connectivity index (χ3n) is 2.72. The van der Waals surface area contributed by atoms with Crippen LogP contribution in [0.4, 0.5) is 0 Å². The summed E-state index contributed by atoms with van der Waals surface area (Å²) in [5.41, 5.74) is 0.501. The molecule has 1 fully saturated rings. The number of hydrogen-bond acceptors (Lipinski definition) is 4. The molecular weight excluding hydrogens is 232 g/mol. The smallest absolute Gasteiger partial charge is 0.333 e. The van der Waals surface area contributed by atoms with Gasteiger partial charge in [-0.2, -0.15) is 0 Å². The zero-order valence-electron chi connectivity index (χ0n) is 11.5. The summed E-state index contributed by atoms with van der Waals surface area (Å²) in [4.78, 5) is 11.1. The maximum atomic E-state index is 11.1.